The van der Waals surface area contributed by atoms with E-state index in [1.807, 2.05) is 0 Å². The van der Waals surface area contributed by atoms with Crippen LogP contribution in [0.4, 0.5) is 5.95 Å². The van der Waals surface area contributed by atoms with E-state index in [0.29, 0.717) is 5.52 Å². The Labute approximate surface area is 178 Å². The van der Waals surface area contributed by atoms with Crippen LogP contribution in [-0.2, 0) is 13.8 Å². The Bertz CT molecular complexity index is 987. The summed E-state index contributed by atoms with van der Waals surface area (Å²) in [6, 6.07) is 0. The molecule has 3 rings (SSSR count). The summed E-state index contributed by atoms with van der Waals surface area (Å²) < 4.78 is 30.0. The zero-order chi connectivity index (χ0) is 23.1. The number of aromatic nitrogens is 4. The van der Waals surface area contributed by atoms with Gasteiger partial charge in [0.1, 0.15) is 12.2 Å². The van der Waals surface area contributed by atoms with Crippen molar-refractivity contribution in [3.63, 3.8) is 0 Å². The molecule has 31 heavy (non-hydrogen) atoms. The molecule has 14 heteroatoms. The molecule has 3 heterocycles. The van der Waals surface area contributed by atoms with E-state index in [-0.39, 0.29) is 30.3 Å². The van der Waals surface area contributed by atoms with Crippen molar-refractivity contribution in [2.45, 2.75) is 69.6 Å². The van der Waals surface area contributed by atoms with Gasteiger partial charge in [0.15, 0.2) is 23.2 Å². The van der Waals surface area contributed by atoms with Crippen LogP contribution in [0.25, 0.3) is 11.2 Å². The Morgan fingerprint density at radius 2 is 2.06 bits per heavy atom. The van der Waals surface area contributed by atoms with Crippen molar-refractivity contribution < 1.29 is 38.8 Å². The zero-order valence-corrected chi connectivity index (χ0v) is 18.5. The van der Waals surface area contributed by atoms with Gasteiger partial charge in [-0.25, -0.2) is 4.98 Å². The minimum absolute atomic E-state index is 0.0252. The van der Waals surface area contributed by atoms with Crippen LogP contribution >= 0.6 is 7.60 Å². The van der Waals surface area contributed by atoms with Crippen molar-refractivity contribution in [2.75, 3.05) is 12.8 Å². The molecule has 7 atom stereocenters. The third-order valence-corrected chi connectivity index (χ3v) is 7.06. The first-order chi connectivity index (χ1) is 14.4. The Balaban J connectivity index is 1.87. The lowest BCUT2D eigenvalue weighted by Gasteiger charge is -2.34. The lowest BCUT2D eigenvalue weighted by atomic mass is 9.93. The van der Waals surface area contributed by atoms with E-state index in [9.17, 15) is 24.8 Å². The third-order valence-electron chi connectivity index (χ3n) is 5.42. The van der Waals surface area contributed by atoms with E-state index in [2.05, 4.69) is 15.0 Å². The highest BCUT2D eigenvalue weighted by Crippen LogP contribution is 2.52. The minimum atomic E-state index is -4.31. The van der Waals surface area contributed by atoms with Crippen molar-refractivity contribution in [2.24, 2.45) is 0 Å². The number of ether oxygens (including phenoxy) is 2. The summed E-state index contributed by atoms with van der Waals surface area (Å²) in [6.07, 6.45) is -3.09. The van der Waals surface area contributed by atoms with E-state index in [1.165, 1.54) is 18.0 Å². The molecule has 3 unspecified atom stereocenters. The number of methoxy groups -OCH3 is 1. The van der Waals surface area contributed by atoms with E-state index >= 15 is 0 Å². The standard InChI is InChI=1S/C17H28N5O8P/c1-5-17(3,30-31(26,27)8(2)23)6-9-11(24)12(25)15(29-9)22-7-19-10-13(22)20-16(18)21-14(10)28-4/h7-9,11-12,15,23-25H,5-6H2,1-4H3,(H,26,27)(H2,18,20,21)/t8?,9-,11-,12-,15-,17?/m1/s1. The predicted octanol–water partition coefficient (Wildman–Crippen LogP) is 0.135. The largest absolute Gasteiger partial charge is 0.479 e. The molecule has 0 saturated carbocycles. The van der Waals surface area contributed by atoms with Crippen molar-refractivity contribution in [1.29, 1.82) is 0 Å². The number of nitrogen functional groups attached to an aromatic ring is 1. The second-order valence-electron chi connectivity index (χ2n) is 7.76. The number of aliphatic hydroxyl groups is 3. The van der Waals surface area contributed by atoms with Gasteiger partial charge in [-0.1, -0.05) is 6.92 Å². The average Bonchev–Trinajstić information content (AvgIpc) is 3.22. The van der Waals surface area contributed by atoms with Gasteiger partial charge in [-0.05, 0) is 20.3 Å². The van der Waals surface area contributed by atoms with Gasteiger partial charge in [-0.2, -0.15) is 9.97 Å². The number of fused-ring (bicyclic) bond motifs is 1. The zero-order valence-electron chi connectivity index (χ0n) is 17.6. The lowest BCUT2D eigenvalue weighted by molar-refractivity contribution is -0.0665. The molecular formula is C17H28N5O8P. The van der Waals surface area contributed by atoms with E-state index in [4.69, 9.17) is 19.7 Å². The number of anilines is 1. The molecule has 0 aromatic carbocycles. The number of nitrogens with two attached hydrogens (primary N) is 1. The molecule has 0 radical (unpaired) electrons. The van der Waals surface area contributed by atoms with Crippen LogP contribution in [0.2, 0.25) is 0 Å². The molecule has 0 spiro atoms. The SMILES string of the molecule is CCC(C)(C[C@H]1O[C@@H](n2cnc3c(OC)nc(N)nc32)[C@H](O)[C@@H]1O)OP(=O)(O)C(C)O. The highest BCUT2D eigenvalue weighted by atomic mass is 31.2. The van der Waals surface area contributed by atoms with Gasteiger partial charge in [0, 0.05) is 6.42 Å². The van der Waals surface area contributed by atoms with Crippen LogP contribution in [0.5, 0.6) is 5.88 Å². The molecule has 174 valence electrons. The monoisotopic (exact) mass is 461 g/mol. The lowest BCUT2D eigenvalue weighted by Crippen LogP contribution is -2.38. The van der Waals surface area contributed by atoms with Crippen LogP contribution in [0, 0.1) is 0 Å². The summed E-state index contributed by atoms with van der Waals surface area (Å²) in [5, 5.41) is 30.7. The van der Waals surface area contributed by atoms with Gasteiger partial charge in [-0.3, -0.25) is 9.13 Å². The van der Waals surface area contributed by atoms with Gasteiger partial charge in [0.05, 0.1) is 25.1 Å². The fourth-order valence-electron chi connectivity index (χ4n) is 3.43. The normalized spacial score (nSPS) is 28.9. The summed E-state index contributed by atoms with van der Waals surface area (Å²) >= 11 is 0. The fourth-order valence-corrected chi connectivity index (χ4v) is 4.41. The third kappa shape index (κ3) is 4.53. The second-order valence-corrected chi connectivity index (χ2v) is 9.81. The van der Waals surface area contributed by atoms with Gasteiger partial charge in [0.25, 0.3) is 0 Å². The Morgan fingerprint density at radius 1 is 1.39 bits per heavy atom. The topological polar surface area (TPSA) is 195 Å². The van der Waals surface area contributed by atoms with Gasteiger partial charge >= 0.3 is 7.60 Å². The number of imidazole rings is 1. The molecule has 13 nitrogen and oxygen atoms in total. The Hall–Kier alpha value is -1.86. The first-order valence-corrected chi connectivity index (χ1v) is 11.3. The maximum atomic E-state index is 12.2. The summed E-state index contributed by atoms with van der Waals surface area (Å²) in [5.41, 5.74) is 5.04. The quantitative estimate of drug-likeness (QED) is 0.334. The molecule has 1 fully saturated rings. The maximum Gasteiger partial charge on any atom is 0.356 e. The minimum Gasteiger partial charge on any atom is -0.479 e. The highest BCUT2D eigenvalue weighted by molar-refractivity contribution is 7.53. The maximum absolute atomic E-state index is 12.2. The van der Waals surface area contributed by atoms with Crippen LogP contribution < -0.4 is 10.5 Å². The van der Waals surface area contributed by atoms with Crippen LogP contribution in [-0.4, -0.2) is 76.6 Å². The smallest absolute Gasteiger partial charge is 0.356 e. The summed E-state index contributed by atoms with van der Waals surface area (Å²) in [7, 11) is -2.91. The van der Waals surface area contributed by atoms with Gasteiger partial charge < -0.3 is 39.9 Å². The van der Waals surface area contributed by atoms with Crippen molar-refractivity contribution in [3.8, 4) is 5.88 Å². The summed E-state index contributed by atoms with van der Waals surface area (Å²) in [4.78, 5) is 22.2. The number of nitrogens with zero attached hydrogens (tertiary/aromatic N) is 4. The predicted molar refractivity (Wildman–Crippen MR) is 108 cm³/mol. The van der Waals surface area contributed by atoms with E-state index in [1.54, 1.807) is 13.8 Å². The molecule has 1 aliphatic rings. The van der Waals surface area contributed by atoms with Gasteiger partial charge in [0.2, 0.25) is 11.8 Å². The van der Waals surface area contributed by atoms with Crippen LogP contribution in [0.3, 0.4) is 0 Å². The van der Waals surface area contributed by atoms with E-state index < -0.39 is 43.6 Å². The van der Waals surface area contributed by atoms with Crippen molar-refractivity contribution >= 4 is 24.7 Å². The molecular weight excluding hydrogens is 433 g/mol. The van der Waals surface area contributed by atoms with Crippen LogP contribution in [0.1, 0.15) is 39.8 Å². The second kappa shape index (κ2) is 8.58. The molecule has 6 N–H and O–H groups in total. The van der Waals surface area contributed by atoms with Gasteiger partial charge in [-0.15, -0.1) is 0 Å². The molecule has 1 aliphatic heterocycles. The molecule has 0 amide bonds. The molecule has 0 aliphatic carbocycles. The fraction of sp³-hybridized carbons (Fsp3) is 0.706. The summed E-state index contributed by atoms with van der Waals surface area (Å²) in [5.74, 6) is -1.50. The first kappa shape index (κ1) is 23.8. The first-order valence-electron chi connectivity index (χ1n) is 9.69. The molecule has 2 aromatic heterocycles. The number of hydrogen-bond donors (Lipinski definition) is 5. The van der Waals surface area contributed by atoms with Crippen molar-refractivity contribution in [3.05, 3.63) is 6.33 Å². The van der Waals surface area contributed by atoms with Crippen LogP contribution in [0.15, 0.2) is 6.33 Å². The number of aliphatic hydroxyl groups excluding tert-OH is 3. The number of rotatable bonds is 8. The Kier molecular flexibility index (Phi) is 6.59. The van der Waals surface area contributed by atoms with E-state index in [0.717, 1.165) is 6.92 Å². The number of hydrogen-bond acceptors (Lipinski definition) is 11. The molecule has 0 bridgehead atoms. The molecule has 2 aromatic rings. The van der Waals surface area contributed by atoms with Crippen molar-refractivity contribution in [1.82, 2.24) is 19.5 Å². The average molecular weight is 461 g/mol. The molecule has 1 saturated heterocycles. The Morgan fingerprint density at radius 3 is 2.65 bits per heavy atom. The highest BCUT2D eigenvalue weighted by Gasteiger charge is 2.48. The summed E-state index contributed by atoms with van der Waals surface area (Å²) in [6.45, 7) is 4.45.